The second-order valence-corrected chi connectivity index (χ2v) is 5.03. The maximum absolute atomic E-state index is 11.6. The summed E-state index contributed by atoms with van der Waals surface area (Å²) < 4.78 is 5.23. The molecule has 0 fully saturated rings. The molecule has 1 unspecified atom stereocenters. The van der Waals surface area contributed by atoms with Crippen LogP contribution in [-0.4, -0.2) is 28.7 Å². The topological polar surface area (TPSA) is 52.5 Å². The first-order valence-corrected chi connectivity index (χ1v) is 5.38. The van der Waals surface area contributed by atoms with Crippen molar-refractivity contribution in [2.24, 2.45) is 0 Å². The second kappa shape index (κ2) is 5.35. The van der Waals surface area contributed by atoms with Crippen LogP contribution in [0.2, 0.25) is 0 Å². The van der Waals surface area contributed by atoms with E-state index in [1.165, 1.54) is 0 Å². The van der Waals surface area contributed by atoms with E-state index in [4.69, 9.17) is 16.3 Å². The van der Waals surface area contributed by atoms with Crippen LogP contribution in [0.5, 0.6) is 0 Å². The van der Waals surface area contributed by atoms with Gasteiger partial charge < -0.3 is 14.8 Å². The quantitative estimate of drug-likeness (QED) is 0.440. The van der Waals surface area contributed by atoms with E-state index in [0.29, 0.717) is 0 Å². The third-order valence-corrected chi connectivity index (χ3v) is 2.87. The molecule has 0 spiro atoms. The first-order valence-electron chi connectivity index (χ1n) is 4.94. The molecule has 0 aliphatic heterocycles. The van der Waals surface area contributed by atoms with Crippen LogP contribution in [0, 0.1) is 0 Å². The van der Waals surface area contributed by atoms with Crippen LogP contribution in [0.15, 0.2) is 12.2 Å². The van der Waals surface area contributed by atoms with Gasteiger partial charge in [-0.2, -0.15) is 0 Å². The van der Waals surface area contributed by atoms with E-state index in [0.717, 1.165) is 0 Å². The van der Waals surface area contributed by atoms with Crippen molar-refractivity contribution in [3.05, 3.63) is 12.2 Å². The number of halogens is 1. The number of aliphatic hydroxyl groups is 1. The predicted octanol–water partition coefficient (Wildman–Crippen LogP) is 1.12. The van der Waals surface area contributed by atoms with Gasteiger partial charge in [0.25, 0.3) is 0 Å². The summed E-state index contributed by atoms with van der Waals surface area (Å²) in [6.45, 7) is 8.30. The molecule has 0 bridgehead atoms. The molecule has 0 aliphatic carbocycles. The number of hydrogen-bond acceptors (Lipinski definition) is 3. The van der Waals surface area contributed by atoms with E-state index in [2.05, 4.69) is 0 Å². The van der Waals surface area contributed by atoms with Crippen molar-refractivity contribution < 1.29 is 14.8 Å². The molecular formula is C10H19BClO3-. The molecule has 0 saturated heterocycles. The minimum atomic E-state index is -1.38. The van der Waals surface area contributed by atoms with Crippen molar-refractivity contribution in [2.75, 3.05) is 0 Å². The molecule has 0 aromatic heterocycles. The first-order chi connectivity index (χ1) is 6.62. The standard InChI is InChI=1S/C10H19BClO3/c1-6-7-8(12)11(14)15-10(4,5)9(2,3)13/h6-8,13H,1-5H3/q-1/b7-6+. The molecule has 0 aliphatic rings. The van der Waals surface area contributed by atoms with Gasteiger partial charge in [0.1, 0.15) is 0 Å². The molecule has 88 valence electrons. The van der Waals surface area contributed by atoms with Gasteiger partial charge in [-0.15, -0.1) is 11.6 Å². The third kappa shape index (κ3) is 4.56. The number of allylic oxidation sites excluding steroid dienone is 2. The zero-order chi connectivity index (χ0) is 12.3. The highest BCUT2D eigenvalue weighted by atomic mass is 35.5. The van der Waals surface area contributed by atoms with Gasteiger partial charge in [-0.25, -0.2) is 0 Å². The molecule has 0 rings (SSSR count). The summed E-state index contributed by atoms with van der Waals surface area (Å²) in [6.07, 6.45) is 3.27. The SMILES string of the molecule is C/C=C/C(Cl)B([O-])OC(C)(C)C(C)(C)O. The Hall–Kier alpha value is -0.0251. The average Bonchev–Trinajstić information content (AvgIpc) is 2.01. The molecule has 15 heavy (non-hydrogen) atoms. The second-order valence-electron chi connectivity index (χ2n) is 4.53. The fourth-order valence-corrected chi connectivity index (χ4v) is 0.971. The van der Waals surface area contributed by atoms with Crippen molar-refractivity contribution in [1.82, 2.24) is 0 Å². The molecule has 0 aromatic rings. The third-order valence-electron chi connectivity index (χ3n) is 2.52. The number of alkyl halides is 1. The van der Waals surface area contributed by atoms with Gasteiger partial charge in [-0.05, 0) is 34.6 Å². The lowest BCUT2D eigenvalue weighted by Crippen LogP contribution is -2.56. The maximum atomic E-state index is 11.6. The van der Waals surface area contributed by atoms with Crippen LogP contribution in [0.25, 0.3) is 0 Å². The van der Waals surface area contributed by atoms with Crippen molar-refractivity contribution in [3.63, 3.8) is 0 Å². The Morgan fingerprint density at radius 3 is 2.20 bits per heavy atom. The highest BCUT2D eigenvalue weighted by Crippen LogP contribution is 2.25. The van der Waals surface area contributed by atoms with Crippen molar-refractivity contribution in [3.8, 4) is 0 Å². The monoisotopic (exact) mass is 233 g/mol. The number of rotatable bonds is 5. The van der Waals surface area contributed by atoms with Gasteiger partial charge in [0, 0.05) is 5.28 Å². The molecule has 0 amide bonds. The Labute approximate surface area is 97.2 Å². The van der Waals surface area contributed by atoms with Crippen LogP contribution >= 0.6 is 11.6 Å². The summed E-state index contributed by atoms with van der Waals surface area (Å²) >= 11 is 5.78. The van der Waals surface area contributed by atoms with Crippen LogP contribution in [0.1, 0.15) is 34.6 Å². The van der Waals surface area contributed by atoms with Gasteiger partial charge in [-0.1, -0.05) is 12.2 Å². The Kier molecular flexibility index (Phi) is 5.34. The lowest BCUT2D eigenvalue weighted by Gasteiger charge is -2.42. The number of hydrogen-bond donors (Lipinski definition) is 1. The van der Waals surface area contributed by atoms with Crippen LogP contribution in [0.4, 0.5) is 0 Å². The van der Waals surface area contributed by atoms with Crippen molar-refractivity contribution in [2.45, 2.75) is 51.1 Å². The minimum Gasteiger partial charge on any atom is -0.855 e. The average molecular weight is 234 g/mol. The van der Waals surface area contributed by atoms with Crippen molar-refractivity contribution >= 4 is 18.7 Å². The lowest BCUT2D eigenvalue weighted by atomic mass is 9.80. The van der Waals surface area contributed by atoms with Gasteiger partial charge in [0.2, 0.25) is 7.12 Å². The fourth-order valence-electron chi connectivity index (χ4n) is 0.774. The first kappa shape index (κ1) is 15.0. The highest BCUT2D eigenvalue weighted by Gasteiger charge is 2.36. The summed E-state index contributed by atoms with van der Waals surface area (Å²) in [5.41, 5.74) is -2.03. The molecule has 3 nitrogen and oxygen atoms in total. The van der Waals surface area contributed by atoms with Gasteiger partial charge in [-0.3, -0.25) is 0 Å². The van der Waals surface area contributed by atoms with E-state index in [1.54, 1.807) is 46.8 Å². The summed E-state index contributed by atoms with van der Waals surface area (Å²) in [6, 6.07) is 0. The van der Waals surface area contributed by atoms with E-state index in [-0.39, 0.29) is 0 Å². The predicted molar refractivity (Wildman–Crippen MR) is 61.7 cm³/mol. The van der Waals surface area contributed by atoms with E-state index in [9.17, 15) is 10.1 Å². The van der Waals surface area contributed by atoms with Gasteiger partial charge in [0.05, 0.1) is 11.2 Å². The molecule has 0 radical (unpaired) electrons. The summed E-state index contributed by atoms with van der Waals surface area (Å²) in [5.74, 6) is 0. The van der Waals surface area contributed by atoms with Gasteiger partial charge >= 0.3 is 0 Å². The van der Waals surface area contributed by atoms with Gasteiger partial charge in [0.15, 0.2) is 0 Å². The fraction of sp³-hybridized carbons (Fsp3) is 0.800. The maximum Gasteiger partial charge on any atom is 0.207 e. The zero-order valence-corrected chi connectivity index (χ0v) is 10.7. The largest absolute Gasteiger partial charge is 0.855 e. The summed E-state index contributed by atoms with van der Waals surface area (Å²) in [7, 11) is -1.38. The van der Waals surface area contributed by atoms with E-state index >= 15 is 0 Å². The van der Waals surface area contributed by atoms with Crippen LogP contribution < -0.4 is 5.02 Å². The molecule has 1 atom stereocenters. The smallest absolute Gasteiger partial charge is 0.207 e. The Bertz CT molecular complexity index is 223. The minimum absolute atomic E-state index is 0.725. The lowest BCUT2D eigenvalue weighted by molar-refractivity contribution is -0.244. The summed E-state index contributed by atoms with van der Waals surface area (Å²) in [5, 5.41) is 20.6. The Balaban J connectivity index is 4.46. The van der Waals surface area contributed by atoms with Crippen LogP contribution in [-0.2, 0) is 4.65 Å². The molecular weight excluding hydrogens is 214 g/mol. The van der Waals surface area contributed by atoms with E-state index < -0.39 is 23.6 Å². The molecule has 0 aromatic carbocycles. The van der Waals surface area contributed by atoms with Crippen molar-refractivity contribution in [1.29, 1.82) is 0 Å². The molecule has 1 N–H and O–H groups in total. The zero-order valence-electron chi connectivity index (χ0n) is 9.95. The molecule has 0 saturated carbocycles. The highest BCUT2D eigenvalue weighted by molar-refractivity contribution is 6.58. The van der Waals surface area contributed by atoms with E-state index in [1.807, 2.05) is 0 Å². The van der Waals surface area contributed by atoms with Crippen LogP contribution in [0.3, 0.4) is 0 Å². The molecule has 5 heteroatoms. The Morgan fingerprint density at radius 2 is 1.87 bits per heavy atom. The Morgan fingerprint density at radius 1 is 1.40 bits per heavy atom. The summed E-state index contributed by atoms with van der Waals surface area (Å²) in [4.78, 5) is 0. The normalized spacial score (nSPS) is 15.7. The molecule has 0 heterocycles.